The molecule has 0 aliphatic rings. The minimum atomic E-state index is -0.653. The summed E-state index contributed by atoms with van der Waals surface area (Å²) in [5.74, 6) is -0.597. The molecule has 1 amide bonds. The molecule has 0 unspecified atom stereocenters. The molecule has 1 rings (SSSR count). The lowest BCUT2D eigenvalue weighted by atomic mass is 9.91. The van der Waals surface area contributed by atoms with E-state index < -0.39 is 17.3 Å². The van der Waals surface area contributed by atoms with Gasteiger partial charge in [-0.05, 0) is 24.3 Å². The van der Waals surface area contributed by atoms with Crippen molar-refractivity contribution in [2.24, 2.45) is 5.41 Å². The second kappa shape index (κ2) is 7.59. The predicted molar refractivity (Wildman–Crippen MR) is 80.7 cm³/mol. The highest BCUT2D eigenvalue weighted by atomic mass is 16.5. The molecular weight excluding hydrogens is 286 g/mol. The molecule has 0 atom stereocenters. The molecule has 0 spiro atoms. The van der Waals surface area contributed by atoms with E-state index in [1.807, 2.05) is 0 Å². The number of rotatable bonds is 6. The normalized spacial score (nSPS) is 10.7. The standard InChI is InChI=1S/C16H21NO5/c1-16(2,3)13(18)10-22-14(19)9-17-15(20)11-5-7-12(21-4)8-6-11/h5-8H,9-10H2,1-4H3,(H,17,20). The van der Waals surface area contributed by atoms with Crippen LogP contribution in [0.25, 0.3) is 0 Å². The van der Waals surface area contributed by atoms with Crippen molar-refractivity contribution < 1.29 is 23.9 Å². The van der Waals surface area contributed by atoms with E-state index in [4.69, 9.17) is 9.47 Å². The number of hydrogen-bond donors (Lipinski definition) is 1. The van der Waals surface area contributed by atoms with Crippen LogP contribution in [0.4, 0.5) is 0 Å². The maximum Gasteiger partial charge on any atom is 0.325 e. The number of carbonyl (C=O) groups excluding carboxylic acids is 3. The Labute approximate surface area is 129 Å². The zero-order valence-electron chi connectivity index (χ0n) is 13.3. The van der Waals surface area contributed by atoms with Gasteiger partial charge in [0.15, 0.2) is 12.4 Å². The summed E-state index contributed by atoms with van der Waals surface area (Å²) in [6.45, 7) is 4.65. The van der Waals surface area contributed by atoms with Gasteiger partial charge in [-0.25, -0.2) is 0 Å². The summed E-state index contributed by atoms with van der Waals surface area (Å²) in [5.41, 5.74) is -0.161. The zero-order valence-corrected chi connectivity index (χ0v) is 13.3. The Kier molecular flexibility index (Phi) is 6.10. The molecule has 0 heterocycles. The summed E-state index contributed by atoms with van der Waals surface area (Å²) in [4.78, 5) is 34.9. The Hall–Kier alpha value is -2.37. The van der Waals surface area contributed by atoms with Gasteiger partial charge in [-0.2, -0.15) is 0 Å². The molecule has 0 saturated carbocycles. The van der Waals surface area contributed by atoms with Crippen LogP contribution in [0.1, 0.15) is 31.1 Å². The van der Waals surface area contributed by atoms with Gasteiger partial charge >= 0.3 is 5.97 Å². The molecule has 0 aromatic heterocycles. The second-order valence-electron chi connectivity index (χ2n) is 5.75. The molecule has 120 valence electrons. The van der Waals surface area contributed by atoms with Crippen LogP contribution in [-0.4, -0.2) is 37.9 Å². The quantitative estimate of drug-likeness (QED) is 0.807. The van der Waals surface area contributed by atoms with Gasteiger partial charge in [0.25, 0.3) is 5.91 Å². The van der Waals surface area contributed by atoms with Gasteiger partial charge in [0.05, 0.1) is 7.11 Å². The molecule has 22 heavy (non-hydrogen) atoms. The Morgan fingerprint density at radius 3 is 2.18 bits per heavy atom. The summed E-state index contributed by atoms with van der Waals surface area (Å²) >= 11 is 0. The summed E-state index contributed by atoms with van der Waals surface area (Å²) in [6.07, 6.45) is 0. The third kappa shape index (κ3) is 5.55. The van der Waals surface area contributed by atoms with Crippen molar-refractivity contribution in [3.63, 3.8) is 0 Å². The van der Waals surface area contributed by atoms with Crippen molar-refractivity contribution in [1.29, 1.82) is 0 Å². The summed E-state index contributed by atoms with van der Waals surface area (Å²) < 4.78 is 9.82. The van der Waals surface area contributed by atoms with E-state index in [2.05, 4.69) is 5.32 Å². The lowest BCUT2D eigenvalue weighted by molar-refractivity contribution is -0.149. The topological polar surface area (TPSA) is 81.7 Å². The number of ether oxygens (including phenoxy) is 2. The van der Waals surface area contributed by atoms with Gasteiger partial charge in [0.2, 0.25) is 0 Å². The van der Waals surface area contributed by atoms with Gasteiger partial charge in [-0.3, -0.25) is 14.4 Å². The highest BCUT2D eigenvalue weighted by Crippen LogP contribution is 2.14. The third-order valence-electron chi connectivity index (χ3n) is 2.95. The summed E-state index contributed by atoms with van der Waals surface area (Å²) in [6, 6.07) is 6.47. The lowest BCUT2D eigenvalue weighted by Gasteiger charge is -2.16. The van der Waals surface area contributed by atoms with Gasteiger partial charge in [0.1, 0.15) is 12.3 Å². The fourth-order valence-electron chi connectivity index (χ4n) is 1.41. The zero-order chi connectivity index (χ0) is 16.8. The molecule has 6 heteroatoms. The molecule has 0 aliphatic heterocycles. The molecule has 1 aromatic carbocycles. The van der Waals surface area contributed by atoms with Crippen molar-refractivity contribution in [1.82, 2.24) is 5.32 Å². The smallest absolute Gasteiger partial charge is 0.325 e. The third-order valence-corrected chi connectivity index (χ3v) is 2.95. The summed E-state index contributed by atoms with van der Waals surface area (Å²) in [5, 5.41) is 2.43. The molecule has 0 radical (unpaired) electrons. The molecular formula is C16H21NO5. The number of carbonyl (C=O) groups is 3. The number of Topliss-reactive ketones (excluding diaryl/α,β-unsaturated/α-hetero) is 1. The second-order valence-corrected chi connectivity index (χ2v) is 5.75. The van der Waals surface area contributed by atoms with E-state index >= 15 is 0 Å². The van der Waals surface area contributed by atoms with Crippen molar-refractivity contribution in [3.05, 3.63) is 29.8 Å². The van der Waals surface area contributed by atoms with Gasteiger partial charge < -0.3 is 14.8 Å². The molecule has 6 nitrogen and oxygen atoms in total. The van der Waals surface area contributed by atoms with Crippen molar-refractivity contribution in [3.8, 4) is 5.75 Å². The first-order chi connectivity index (χ1) is 10.2. The average Bonchev–Trinajstić information content (AvgIpc) is 2.49. The minimum absolute atomic E-state index is 0.178. The highest BCUT2D eigenvalue weighted by molar-refractivity contribution is 5.96. The number of amides is 1. The largest absolute Gasteiger partial charge is 0.497 e. The first kappa shape index (κ1) is 17.7. The molecule has 0 fully saturated rings. The van der Waals surface area contributed by atoms with Crippen LogP contribution in [0.15, 0.2) is 24.3 Å². The maximum absolute atomic E-state index is 11.8. The summed E-state index contributed by atoms with van der Waals surface area (Å²) in [7, 11) is 1.53. The lowest BCUT2D eigenvalue weighted by Crippen LogP contribution is -2.33. The van der Waals surface area contributed by atoms with Crippen LogP contribution >= 0.6 is 0 Å². The first-order valence-electron chi connectivity index (χ1n) is 6.85. The fourth-order valence-corrected chi connectivity index (χ4v) is 1.41. The van der Waals surface area contributed by atoms with Gasteiger partial charge in [0, 0.05) is 11.0 Å². The van der Waals surface area contributed by atoms with E-state index in [0.29, 0.717) is 11.3 Å². The van der Waals surface area contributed by atoms with Crippen LogP contribution in [0.5, 0.6) is 5.75 Å². The number of nitrogens with one attached hydrogen (secondary N) is 1. The number of hydrogen-bond acceptors (Lipinski definition) is 5. The Bertz CT molecular complexity index is 543. The number of benzene rings is 1. The SMILES string of the molecule is COc1ccc(C(=O)NCC(=O)OCC(=O)C(C)(C)C)cc1. The maximum atomic E-state index is 11.8. The number of esters is 1. The molecule has 1 N–H and O–H groups in total. The van der Waals surface area contributed by atoms with Gasteiger partial charge in [-0.1, -0.05) is 20.8 Å². The Morgan fingerprint density at radius 1 is 1.09 bits per heavy atom. The van der Waals surface area contributed by atoms with Crippen LogP contribution in [-0.2, 0) is 14.3 Å². The minimum Gasteiger partial charge on any atom is -0.497 e. The van der Waals surface area contributed by atoms with Crippen LogP contribution in [0.2, 0.25) is 0 Å². The van der Waals surface area contributed by atoms with Crippen LogP contribution in [0, 0.1) is 5.41 Å². The number of ketones is 1. The van der Waals surface area contributed by atoms with Crippen LogP contribution in [0.3, 0.4) is 0 Å². The molecule has 1 aromatic rings. The fraction of sp³-hybridized carbons (Fsp3) is 0.438. The monoisotopic (exact) mass is 307 g/mol. The van der Waals surface area contributed by atoms with Crippen LogP contribution < -0.4 is 10.1 Å². The van der Waals surface area contributed by atoms with E-state index in [0.717, 1.165) is 0 Å². The van der Waals surface area contributed by atoms with E-state index in [9.17, 15) is 14.4 Å². The molecule has 0 saturated heterocycles. The van der Waals surface area contributed by atoms with Crippen molar-refractivity contribution in [2.75, 3.05) is 20.3 Å². The molecule has 0 aliphatic carbocycles. The molecule has 0 bridgehead atoms. The Balaban J connectivity index is 2.40. The first-order valence-corrected chi connectivity index (χ1v) is 6.85. The number of methoxy groups -OCH3 is 1. The van der Waals surface area contributed by atoms with E-state index in [1.165, 1.54) is 7.11 Å². The highest BCUT2D eigenvalue weighted by Gasteiger charge is 2.22. The van der Waals surface area contributed by atoms with Gasteiger partial charge in [-0.15, -0.1) is 0 Å². The van der Waals surface area contributed by atoms with E-state index in [1.54, 1.807) is 45.0 Å². The van der Waals surface area contributed by atoms with Crippen molar-refractivity contribution in [2.45, 2.75) is 20.8 Å². The predicted octanol–water partition coefficient (Wildman–Crippen LogP) is 1.58. The Morgan fingerprint density at radius 2 is 1.68 bits per heavy atom. The van der Waals surface area contributed by atoms with E-state index in [-0.39, 0.29) is 18.9 Å². The van der Waals surface area contributed by atoms with Crippen molar-refractivity contribution >= 4 is 17.7 Å². The average molecular weight is 307 g/mol.